The number of hydrogen-bond donors (Lipinski definition) is 2. The molecule has 0 bridgehead atoms. The molecule has 0 aliphatic rings. The average molecular weight is 335 g/mol. The SMILES string of the molecule is CCc1nncn1CCNC(=NC)NC(C)c1ccc(Cl)cc1. The summed E-state index contributed by atoms with van der Waals surface area (Å²) in [7, 11) is 1.76. The molecule has 0 saturated heterocycles. The number of halogens is 1. The van der Waals surface area contributed by atoms with Crippen molar-refractivity contribution in [3.63, 3.8) is 0 Å². The minimum absolute atomic E-state index is 0.139. The van der Waals surface area contributed by atoms with Crippen LogP contribution in [0.1, 0.15) is 31.3 Å². The molecule has 124 valence electrons. The lowest BCUT2D eigenvalue weighted by molar-refractivity contribution is 0.620. The lowest BCUT2D eigenvalue weighted by Crippen LogP contribution is -2.40. The molecule has 0 aliphatic heterocycles. The minimum atomic E-state index is 0.139. The van der Waals surface area contributed by atoms with E-state index in [4.69, 9.17) is 11.6 Å². The first-order valence-corrected chi connectivity index (χ1v) is 8.11. The Bertz CT molecular complexity index is 634. The standard InChI is InChI=1S/C16H23ClN6/c1-4-15-22-20-11-23(15)10-9-19-16(18-3)21-12(2)13-5-7-14(17)8-6-13/h5-8,11-12H,4,9-10H2,1-3H3,(H2,18,19,21). The van der Waals surface area contributed by atoms with Crippen LogP contribution >= 0.6 is 11.6 Å². The first-order valence-electron chi connectivity index (χ1n) is 7.73. The van der Waals surface area contributed by atoms with Crippen LogP contribution in [0.25, 0.3) is 0 Å². The second kappa shape index (κ2) is 8.53. The van der Waals surface area contributed by atoms with Gasteiger partial charge in [-0.25, -0.2) is 0 Å². The monoisotopic (exact) mass is 334 g/mol. The summed E-state index contributed by atoms with van der Waals surface area (Å²) in [4.78, 5) is 4.26. The summed E-state index contributed by atoms with van der Waals surface area (Å²) in [5.41, 5.74) is 1.16. The number of benzene rings is 1. The van der Waals surface area contributed by atoms with E-state index in [0.717, 1.165) is 41.9 Å². The summed E-state index contributed by atoms with van der Waals surface area (Å²) in [5, 5.41) is 15.4. The molecule has 2 N–H and O–H groups in total. The maximum absolute atomic E-state index is 5.92. The fourth-order valence-electron chi connectivity index (χ4n) is 2.27. The lowest BCUT2D eigenvalue weighted by atomic mass is 10.1. The number of aromatic nitrogens is 3. The van der Waals surface area contributed by atoms with Crippen LogP contribution in [0, 0.1) is 0 Å². The number of aliphatic imine (C=N–C) groups is 1. The Morgan fingerprint density at radius 2 is 2.09 bits per heavy atom. The van der Waals surface area contributed by atoms with Crippen LogP contribution < -0.4 is 10.6 Å². The fraction of sp³-hybridized carbons (Fsp3) is 0.438. The van der Waals surface area contributed by atoms with Gasteiger partial charge in [-0.3, -0.25) is 4.99 Å². The summed E-state index contributed by atoms with van der Waals surface area (Å²) in [6.45, 7) is 5.71. The molecule has 1 unspecified atom stereocenters. The van der Waals surface area contributed by atoms with E-state index in [2.05, 4.69) is 39.7 Å². The van der Waals surface area contributed by atoms with E-state index in [0.29, 0.717) is 0 Å². The molecule has 2 aromatic rings. The number of hydrogen-bond acceptors (Lipinski definition) is 3. The molecule has 0 saturated carbocycles. The smallest absolute Gasteiger partial charge is 0.191 e. The number of nitrogens with one attached hydrogen (secondary N) is 2. The third-order valence-corrected chi connectivity index (χ3v) is 3.86. The van der Waals surface area contributed by atoms with Gasteiger partial charge in [-0.05, 0) is 24.6 Å². The van der Waals surface area contributed by atoms with Crippen molar-refractivity contribution in [3.8, 4) is 0 Å². The van der Waals surface area contributed by atoms with E-state index in [9.17, 15) is 0 Å². The van der Waals surface area contributed by atoms with Crippen LogP contribution in [0.15, 0.2) is 35.6 Å². The maximum Gasteiger partial charge on any atom is 0.191 e. The Kier molecular flexibility index (Phi) is 6.40. The Labute approximate surface area is 142 Å². The summed E-state index contributed by atoms with van der Waals surface area (Å²) in [6.07, 6.45) is 2.63. The molecule has 0 fully saturated rings. The van der Waals surface area contributed by atoms with Gasteiger partial charge in [0.15, 0.2) is 5.96 Å². The zero-order valence-electron chi connectivity index (χ0n) is 13.8. The van der Waals surface area contributed by atoms with Gasteiger partial charge in [-0.2, -0.15) is 0 Å². The van der Waals surface area contributed by atoms with Gasteiger partial charge in [0.2, 0.25) is 0 Å². The van der Waals surface area contributed by atoms with Gasteiger partial charge in [0.05, 0.1) is 6.04 Å². The molecule has 23 heavy (non-hydrogen) atoms. The third kappa shape index (κ3) is 4.96. The Hall–Kier alpha value is -2.08. The van der Waals surface area contributed by atoms with Crippen molar-refractivity contribution in [1.82, 2.24) is 25.4 Å². The lowest BCUT2D eigenvalue weighted by Gasteiger charge is -2.18. The molecule has 0 radical (unpaired) electrons. The number of rotatable bonds is 6. The zero-order chi connectivity index (χ0) is 16.7. The van der Waals surface area contributed by atoms with Gasteiger partial charge < -0.3 is 15.2 Å². The molecule has 6 nitrogen and oxygen atoms in total. The molecule has 1 aromatic carbocycles. The molecule has 1 atom stereocenters. The van der Waals surface area contributed by atoms with Gasteiger partial charge >= 0.3 is 0 Å². The largest absolute Gasteiger partial charge is 0.355 e. The highest BCUT2D eigenvalue weighted by molar-refractivity contribution is 6.30. The number of nitrogens with zero attached hydrogens (tertiary/aromatic N) is 4. The van der Waals surface area contributed by atoms with Crippen LogP contribution in [-0.2, 0) is 13.0 Å². The number of aryl methyl sites for hydroxylation is 1. The van der Waals surface area contributed by atoms with Crippen LogP contribution in [0.3, 0.4) is 0 Å². The summed E-state index contributed by atoms with van der Waals surface area (Å²) in [5.74, 6) is 1.75. The summed E-state index contributed by atoms with van der Waals surface area (Å²) >= 11 is 5.92. The van der Waals surface area contributed by atoms with Crippen molar-refractivity contribution in [2.45, 2.75) is 32.9 Å². The van der Waals surface area contributed by atoms with Crippen molar-refractivity contribution in [1.29, 1.82) is 0 Å². The van der Waals surface area contributed by atoms with Crippen molar-refractivity contribution in [2.75, 3.05) is 13.6 Å². The summed E-state index contributed by atoms with van der Waals surface area (Å²) < 4.78 is 2.04. The van der Waals surface area contributed by atoms with Gasteiger partial charge in [0.1, 0.15) is 12.2 Å². The summed E-state index contributed by atoms with van der Waals surface area (Å²) in [6, 6.07) is 7.95. The van der Waals surface area contributed by atoms with E-state index < -0.39 is 0 Å². The van der Waals surface area contributed by atoms with Crippen LogP contribution in [0.5, 0.6) is 0 Å². The molecule has 0 spiro atoms. The Morgan fingerprint density at radius 1 is 1.35 bits per heavy atom. The van der Waals surface area contributed by atoms with Crippen LogP contribution in [0.4, 0.5) is 0 Å². The third-order valence-electron chi connectivity index (χ3n) is 3.60. The average Bonchev–Trinajstić information content (AvgIpc) is 3.01. The molecule has 0 aliphatic carbocycles. The Morgan fingerprint density at radius 3 is 2.74 bits per heavy atom. The van der Waals surface area contributed by atoms with Gasteiger partial charge in [0.25, 0.3) is 0 Å². The molecule has 7 heteroatoms. The van der Waals surface area contributed by atoms with E-state index in [-0.39, 0.29) is 6.04 Å². The Balaban J connectivity index is 1.84. The zero-order valence-corrected chi connectivity index (χ0v) is 14.5. The fourth-order valence-corrected chi connectivity index (χ4v) is 2.39. The molecule has 0 amide bonds. The van der Waals surface area contributed by atoms with Crippen molar-refractivity contribution < 1.29 is 0 Å². The second-order valence-corrected chi connectivity index (χ2v) is 5.65. The molecule has 2 rings (SSSR count). The maximum atomic E-state index is 5.92. The van der Waals surface area contributed by atoms with Crippen molar-refractivity contribution in [2.24, 2.45) is 4.99 Å². The molecular formula is C16H23ClN6. The van der Waals surface area contributed by atoms with E-state index in [1.165, 1.54) is 0 Å². The highest BCUT2D eigenvalue weighted by Crippen LogP contribution is 2.15. The van der Waals surface area contributed by atoms with Crippen LogP contribution in [0.2, 0.25) is 5.02 Å². The van der Waals surface area contributed by atoms with Gasteiger partial charge in [-0.1, -0.05) is 30.7 Å². The molecular weight excluding hydrogens is 312 g/mol. The molecule has 1 heterocycles. The quantitative estimate of drug-likeness (QED) is 0.629. The van der Waals surface area contributed by atoms with E-state index in [1.54, 1.807) is 13.4 Å². The minimum Gasteiger partial charge on any atom is -0.355 e. The van der Waals surface area contributed by atoms with Gasteiger partial charge in [-0.15, -0.1) is 10.2 Å². The second-order valence-electron chi connectivity index (χ2n) is 5.21. The number of guanidine groups is 1. The van der Waals surface area contributed by atoms with E-state index in [1.807, 2.05) is 28.8 Å². The topological polar surface area (TPSA) is 67.1 Å². The van der Waals surface area contributed by atoms with Crippen molar-refractivity contribution >= 4 is 17.6 Å². The highest BCUT2D eigenvalue weighted by Gasteiger charge is 2.08. The van der Waals surface area contributed by atoms with Gasteiger partial charge in [0, 0.05) is 31.6 Å². The van der Waals surface area contributed by atoms with E-state index >= 15 is 0 Å². The first kappa shape index (κ1) is 17.3. The highest BCUT2D eigenvalue weighted by atomic mass is 35.5. The first-order chi connectivity index (χ1) is 11.1. The predicted molar refractivity (Wildman–Crippen MR) is 93.8 cm³/mol. The normalized spacial score (nSPS) is 13.0. The predicted octanol–water partition coefficient (Wildman–Crippen LogP) is 2.42. The molecule has 1 aromatic heterocycles. The van der Waals surface area contributed by atoms with Crippen molar-refractivity contribution in [3.05, 3.63) is 47.0 Å². The van der Waals surface area contributed by atoms with Crippen LogP contribution in [-0.4, -0.2) is 34.3 Å².